The molecule has 0 radical (unpaired) electrons. The largest absolute Gasteiger partial charge is 0.397 e. The quantitative estimate of drug-likeness (QED) is 0.188. The summed E-state index contributed by atoms with van der Waals surface area (Å²) in [5.41, 5.74) is -0.297. The lowest BCUT2D eigenvalue weighted by Crippen LogP contribution is -2.23. The second-order valence-corrected chi connectivity index (χ2v) is 12.6. The zero-order valence-corrected chi connectivity index (χ0v) is 21.5. The molecule has 4 rings (SSSR count). The Labute approximate surface area is 217 Å². The molecule has 0 aliphatic heterocycles. The summed E-state index contributed by atoms with van der Waals surface area (Å²) in [6, 6.07) is 13.0. The van der Waals surface area contributed by atoms with Crippen molar-refractivity contribution in [3.63, 3.8) is 0 Å². The van der Waals surface area contributed by atoms with Crippen LogP contribution >= 0.6 is 0 Å². The van der Waals surface area contributed by atoms with Gasteiger partial charge in [0.25, 0.3) is 0 Å². The first kappa shape index (κ1) is 27.5. The Morgan fingerprint density at radius 1 is 0.789 bits per heavy atom. The first-order valence-corrected chi connectivity index (χ1v) is 14.9. The summed E-state index contributed by atoms with van der Waals surface area (Å²) >= 11 is 0. The summed E-state index contributed by atoms with van der Waals surface area (Å²) in [5.74, 6) is 2.90. The van der Waals surface area contributed by atoms with Gasteiger partial charge in [-0.05, 0) is 30.3 Å². The van der Waals surface area contributed by atoms with Crippen LogP contribution in [-0.2, 0) is 38.8 Å². The van der Waals surface area contributed by atoms with Gasteiger partial charge in [0.1, 0.15) is 0 Å². The molecule has 0 bridgehead atoms. The molecule has 0 spiro atoms. The van der Waals surface area contributed by atoms with E-state index in [9.17, 15) is 34.8 Å². The van der Waals surface area contributed by atoms with Gasteiger partial charge in [0.05, 0.1) is 33.4 Å². The Kier molecular flexibility index (Phi) is 7.23. The van der Waals surface area contributed by atoms with Crippen molar-refractivity contribution in [1.29, 1.82) is 0 Å². The highest BCUT2D eigenvalue weighted by molar-refractivity contribution is 7.91. The minimum Gasteiger partial charge on any atom is -0.355 e. The predicted molar refractivity (Wildman–Crippen MR) is 131 cm³/mol. The number of fused-ring (bicyclic) bond motifs is 2. The van der Waals surface area contributed by atoms with Gasteiger partial charge in [-0.2, -0.15) is 27.0 Å². The minimum absolute atomic E-state index is 0.0689. The molecule has 3 aromatic rings. The summed E-state index contributed by atoms with van der Waals surface area (Å²) < 4.78 is 88.1. The smallest absolute Gasteiger partial charge is 0.355 e. The van der Waals surface area contributed by atoms with Gasteiger partial charge in [-0.25, -0.2) is 12.6 Å². The van der Waals surface area contributed by atoms with Crippen molar-refractivity contribution >= 4 is 53.3 Å². The summed E-state index contributed by atoms with van der Waals surface area (Å²) in [5, 5.41) is 2.78. The van der Waals surface area contributed by atoms with Crippen LogP contribution in [0.5, 0.6) is 0 Å². The van der Waals surface area contributed by atoms with Crippen LogP contribution in [-0.4, -0.2) is 53.7 Å². The molecule has 0 saturated carbocycles. The Bertz CT molecular complexity index is 1800. The van der Waals surface area contributed by atoms with Crippen LogP contribution in [0.15, 0.2) is 70.5 Å². The Hall–Kier alpha value is -3.51. The number of ketones is 2. The van der Waals surface area contributed by atoms with Gasteiger partial charge in [-0.3, -0.25) is 14.1 Å². The molecule has 200 valence electrons. The molecule has 0 saturated heterocycles. The SMILES string of the molecule is NOS(=O)(=O)c1cc(Nc2cccc(S(=O)(=O)CCOS(=O)(=O)O)c2)c2c(c1)C(=O)c1ccccc1C2=O. The monoisotopic (exact) mass is 582 g/mol. The van der Waals surface area contributed by atoms with Gasteiger partial charge in [0.15, 0.2) is 21.4 Å². The highest BCUT2D eigenvalue weighted by atomic mass is 32.3. The van der Waals surface area contributed by atoms with Crippen LogP contribution in [0.3, 0.4) is 0 Å². The van der Waals surface area contributed by atoms with E-state index in [-0.39, 0.29) is 38.5 Å². The normalized spacial score (nSPS) is 13.6. The van der Waals surface area contributed by atoms with Crippen molar-refractivity contribution in [1.82, 2.24) is 0 Å². The van der Waals surface area contributed by atoms with Crippen LogP contribution in [0, 0.1) is 0 Å². The van der Waals surface area contributed by atoms with Gasteiger partial charge in [-0.15, -0.1) is 0 Å². The molecule has 0 fully saturated rings. The van der Waals surface area contributed by atoms with Gasteiger partial charge < -0.3 is 5.32 Å². The molecule has 1 aliphatic carbocycles. The van der Waals surface area contributed by atoms with Crippen molar-refractivity contribution in [3.05, 3.63) is 82.9 Å². The lowest BCUT2D eigenvalue weighted by atomic mass is 9.83. The zero-order chi connectivity index (χ0) is 27.9. The molecule has 3 aromatic carbocycles. The highest BCUT2D eigenvalue weighted by Gasteiger charge is 2.34. The van der Waals surface area contributed by atoms with Gasteiger partial charge >= 0.3 is 20.5 Å². The van der Waals surface area contributed by atoms with Crippen LogP contribution < -0.4 is 11.2 Å². The highest BCUT2D eigenvalue weighted by Crippen LogP contribution is 2.36. The number of hydrogen-bond acceptors (Lipinski definition) is 12. The van der Waals surface area contributed by atoms with Gasteiger partial charge in [0.2, 0.25) is 0 Å². The number of nitrogens with two attached hydrogens (primary N) is 1. The molecule has 16 heteroatoms. The summed E-state index contributed by atoms with van der Waals surface area (Å²) in [7, 11) is -13.5. The van der Waals surface area contributed by atoms with E-state index < -0.39 is 59.2 Å². The molecule has 13 nitrogen and oxygen atoms in total. The number of anilines is 2. The average molecular weight is 583 g/mol. The van der Waals surface area contributed by atoms with E-state index in [0.29, 0.717) is 0 Å². The maximum absolute atomic E-state index is 13.3. The number of rotatable bonds is 9. The van der Waals surface area contributed by atoms with E-state index in [1.807, 2.05) is 0 Å². The maximum Gasteiger partial charge on any atom is 0.397 e. The second kappa shape index (κ2) is 9.99. The maximum atomic E-state index is 13.3. The van der Waals surface area contributed by atoms with Crippen LogP contribution in [0.1, 0.15) is 31.8 Å². The predicted octanol–water partition coefficient (Wildman–Crippen LogP) is 1.38. The minimum atomic E-state index is -4.84. The van der Waals surface area contributed by atoms with Crippen molar-refractivity contribution < 1.29 is 47.9 Å². The molecule has 0 atom stereocenters. The molecule has 0 unspecified atom stereocenters. The van der Waals surface area contributed by atoms with Gasteiger partial charge in [0, 0.05) is 22.4 Å². The molecule has 0 heterocycles. The Morgan fingerprint density at radius 2 is 1.45 bits per heavy atom. The molecule has 0 amide bonds. The van der Waals surface area contributed by atoms with Crippen LogP contribution in [0.25, 0.3) is 0 Å². The van der Waals surface area contributed by atoms with Gasteiger partial charge in [-0.1, -0.05) is 30.3 Å². The molecule has 4 N–H and O–H groups in total. The number of benzene rings is 3. The third kappa shape index (κ3) is 5.51. The number of carbonyl (C=O) groups excluding carboxylic acids is 2. The van der Waals surface area contributed by atoms with Crippen molar-refractivity contribution in [2.24, 2.45) is 5.90 Å². The number of hydrogen-bond donors (Lipinski definition) is 3. The second-order valence-electron chi connectivity index (χ2n) is 7.87. The van der Waals surface area contributed by atoms with E-state index in [0.717, 1.165) is 18.2 Å². The molecule has 1 aliphatic rings. The zero-order valence-electron chi connectivity index (χ0n) is 19.0. The Morgan fingerprint density at radius 3 is 2.08 bits per heavy atom. The van der Waals surface area contributed by atoms with E-state index >= 15 is 0 Å². The van der Waals surface area contributed by atoms with E-state index in [1.54, 1.807) is 12.1 Å². The van der Waals surface area contributed by atoms with Crippen molar-refractivity contribution in [2.45, 2.75) is 9.79 Å². The van der Waals surface area contributed by atoms with Crippen molar-refractivity contribution in [2.75, 3.05) is 17.7 Å². The first-order valence-electron chi connectivity index (χ1n) is 10.4. The van der Waals surface area contributed by atoms with E-state index in [4.69, 9.17) is 10.4 Å². The lowest BCUT2D eigenvalue weighted by Gasteiger charge is -2.22. The standard InChI is InChI=1S/C22H18N2O11S3/c23-35-37(29,30)15-11-18-20(22(26)17-7-2-1-6-16(17)21(18)25)19(12-15)24-13-4-3-5-14(10-13)36(27,28)9-8-34-38(31,32)33/h1-7,10-12,24H,8-9,23H2,(H,31,32,33). The fourth-order valence-corrected chi connectivity index (χ4v) is 5.95. The number of nitrogens with one attached hydrogen (secondary N) is 1. The first-order chi connectivity index (χ1) is 17.7. The Balaban J connectivity index is 1.79. The number of sulfone groups is 1. The molecular weight excluding hydrogens is 564 g/mol. The fraction of sp³-hybridized carbons (Fsp3) is 0.0909. The van der Waals surface area contributed by atoms with Crippen molar-refractivity contribution in [3.8, 4) is 0 Å². The lowest BCUT2D eigenvalue weighted by molar-refractivity contribution is 0.0979. The molecule has 0 aromatic heterocycles. The van der Waals surface area contributed by atoms with E-state index in [1.165, 1.54) is 30.3 Å². The van der Waals surface area contributed by atoms with E-state index in [2.05, 4.69) is 13.8 Å². The van der Waals surface area contributed by atoms with Crippen LogP contribution in [0.4, 0.5) is 11.4 Å². The number of carbonyl (C=O) groups is 2. The topological polar surface area (TPSA) is 213 Å². The summed E-state index contributed by atoms with van der Waals surface area (Å²) in [6.45, 7) is -0.846. The average Bonchev–Trinajstić information content (AvgIpc) is 2.86. The fourth-order valence-electron chi connectivity index (χ4n) is 3.79. The van der Waals surface area contributed by atoms with Crippen LogP contribution in [0.2, 0.25) is 0 Å². The summed E-state index contributed by atoms with van der Waals surface area (Å²) in [4.78, 5) is 25.7. The third-order valence-electron chi connectivity index (χ3n) is 5.47. The summed E-state index contributed by atoms with van der Waals surface area (Å²) in [6.07, 6.45) is 0. The third-order valence-corrected chi connectivity index (χ3v) is 8.68. The molecular formula is C22H18N2O11S3. The molecule has 38 heavy (non-hydrogen) atoms.